The van der Waals surface area contributed by atoms with Gasteiger partial charge in [0.15, 0.2) is 0 Å². The third-order valence-electron chi connectivity index (χ3n) is 2.67. The molecule has 84 valence electrons. The summed E-state index contributed by atoms with van der Waals surface area (Å²) in [4.78, 5) is 11.0. The summed E-state index contributed by atoms with van der Waals surface area (Å²) in [6, 6.07) is 7.91. The Morgan fingerprint density at radius 2 is 2.00 bits per heavy atom. The molecule has 1 fully saturated rings. The number of hydrogen-bond acceptors (Lipinski definition) is 2. The number of rotatable bonds is 2. The second-order valence-electron chi connectivity index (χ2n) is 3.85. The zero-order valence-electron chi connectivity index (χ0n) is 9.32. The predicted octanol–water partition coefficient (Wildman–Crippen LogP) is 1.99. The van der Waals surface area contributed by atoms with Crippen LogP contribution in [0.5, 0.6) is 5.75 Å². The molecule has 0 radical (unpaired) electrons. The fourth-order valence-corrected chi connectivity index (χ4v) is 1.72. The van der Waals surface area contributed by atoms with E-state index in [-0.39, 0.29) is 5.91 Å². The van der Waals surface area contributed by atoms with Crippen molar-refractivity contribution in [2.45, 2.75) is 12.8 Å². The minimum atomic E-state index is 0.145. The predicted molar refractivity (Wildman–Crippen MR) is 63.2 cm³/mol. The Balaban J connectivity index is 2.07. The minimum Gasteiger partial charge on any atom is -0.497 e. The quantitative estimate of drug-likeness (QED) is 0.822. The second-order valence-corrected chi connectivity index (χ2v) is 3.85. The van der Waals surface area contributed by atoms with E-state index in [9.17, 15) is 4.79 Å². The van der Waals surface area contributed by atoms with Crippen LogP contribution in [0.1, 0.15) is 18.4 Å². The fourth-order valence-electron chi connectivity index (χ4n) is 1.72. The Labute approximate surface area is 95.1 Å². The number of carbonyl (C=O) groups excluding carboxylic acids is 1. The highest BCUT2D eigenvalue weighted by Crippen LogP contribution is 2.17. The van der Waals surface area contributed by atoms with Crippen LogP contribution in [0.3, 0.4) is 0 Å². The van der Waals surface area contributed by atoms with Crippen LogP contribution in [0, 0.1) is 0 Å². The summed E-state index contributed by atoms with van der Waals surface area (Å²) in [6.07, 6.45) is 3.58. The summed E-state index contributed by atoms with van der Waals surface area (Å²) >= 11 is 0. The average molecular weight is 217 g/mol. The summed E-state index contributed by atoms with van der Waals surface area (Å²) in [5.41, 5.74) is 2.41. The van der Waals surface area contributed by atoms with Crippen LogP contribution in [-0.4, -0.2) is 19.6 Å². The molecule has 2 rings (SSSR count). The molecule has 0 spiro atoms. The average Bonchev–Trinajstić information content (AvgIpc) is 2.33. The highest BCUT2D eigenvalue weighted by molar-refractivity contribution is 5.78. The molecule has 1 heterocycles. The van der Waals surface area contributed by atoms with Gasteiger partial charge in [0.25, 0.3) is 0 Å². The van der Waals surface area contributed by atoms with E-state index in [1.807, 2.05) is 24.3 Å². The number of ether oxygens (including phenoxy) is 1. The molecule has 1 amide bonds. The van der Waals surface area contributed by atoms with Gasteiger partial charge in [-0.3, -0.25) is 4.79 Å². The van der Waals surface area contributed by atoms with Crippen molar-refractivity contribution in [2.24, 2.45) is 0 Å². The number of benzene rings is 1. The van der Waals surface area contributed by atoms with Crippen molar-refractivity contribution >= 4 is 12.0 Å². The van der Waals surface area contributed by atoms with Crippen LogP contribution >= 0.6 is 0 Å². The van der Waals surface area contributed by atoms with Crippen molar-refractivity contribution in [3.63, 3.8) is 0 Å². The Morgan fingerprint density at radius 3 is 2.56 bits per heavy atom. The Morgan fingerprint density at radius 1 is 1.25 bits per heavy atom. The van der Waals surface area contributed by atoms with Gasteiger partial charge in [0.05, 0.1) is 7.11 Å². The number of piperidine rings is 1. The molecule has 3 heteroatoms. The van der Waals surface area contributed by atoms with E-state index in [1.54, 1.807) is 7.11 Å². The summed E-state index contributed by atoms with van der Waals surface area (Å²) in [7, 11) is 1.66. The zero-order chi connectivity index (χ0) is 11.4. The van der Waals surface area contributed by atoms with Crippen LogP contribution in [0.4, 0.5) is 0 Å². The van der Waals surface area contributed by atoms with Crippen molar-refractivity contribution in [3.8, 4) is 5.75 Å². The van der Waals surface area contributed by atoms with Gasteiger partial charge < -0.3 is 10.1 Å². The van der Waals surface area contributed by atoms with Gasteiger partial charge >= 0.3 is 0 Å². The Bertz CT molecular complexity index is 394. The van der Waals surface area contributed by atoms with E-state index in [1.165, 1.54) is 5.57 Å². The summed E-state index contributed by atoms with van der Waals surface area (Å²) in [5.74, 6) is 1.01. The summed E-state index contributed by atoms with van der Waals surface area (Å²) < 4.78 is 5.10. The fraction of sp³-hybridized carbons (Fsp3) is 0.308. The molecular weight excluding hydrogens is 202 g/mol. The highest BCUT2D eigenvalue weighted by atomic mass is 16.5. The zero-order valence-corrected chi connectivity index (χ0v) is 9.32. The van der Waals surface area contributed by atoms with Crippen LogP contribution in [-0.2, 0) is 4.79 Å². The van der Waals surface area contributed by atoms with Crippen molar-refractivity contribution in [3.05, 3.63) is 35.4 Å². The largest absolute Gasteiger partial charge is 0.497 e. The Kier molecular flexibility index (Phi) is 3.25. The van der Waals surface area contributed by atoms with Gasteiger partial charge in [0, 0.05) is 13.0 Å². The second kappa shape index (κ2) is 4.84. The van der Waals surface area contributed by atoms with Crippen LogP contribution in [0.15, 0.2) is 29.8 Å². The maximum absolute atomic E-state index is 11.0. The van der Waals surface area contributed by atoms with Gasteiger partial charge in [-0.25, -0.2) is 0 Å². The van der Waals surface area contributed by atoms with Crippen LogP contribution in [0.25, 0.3) is 6.08 Å². The van der Waals surface area contributed by atoms with Gasteiger partial charge in [-0.1, -0.05) is 18.2 Å². The molecule has 1 aromatic rings. The molecule has 0 bridgehead atoms. The topological polar surface area (TPSA) is 38.3 Å². The lowest BCUT2D eigenvalue weighted by atomic mass is 10.0. The molecule has 0 unspecified atom stereocenters. The SMILES string of the molecule is COc1ccc(/C=C2/CCC(=O)NC2)cc1. The van der Waals surface area contributed by atoms with Crippen molar-refractivity contribution in [2.75, 3.05) is 13.7 Å². The van der Waals surface area contributed by atoms with E-state index in [0.717, 1.165) is 17.7 Å². The van der Waals surface area contributed by atoms with Gasteiger partial charge in [0.2, 0.25) is 5.91 Å². The smallest absolute Gasteiger partial charge is 0.220 e. The number of amides is 1. The van der Waals surface area contributed by atoms with Gasteiger partial charge in [-0.15, -0.1) is 0 Å². The van der Waals surface area contributed by atoms with Gasteiger partial charge in [-0.2, -0.15) is 0 Å². The maximum Gasteiger partial charge on any atom is 0.220 e. The molecular formula is C13H15NO2. The van der Waals surface area contributed by atoms with E-state index in [0.29, 0.717) is 13.0 Å². The lowest BCUT2D eigenvalue weighted by Gasteiger charge is -2.15. The molecule has 0 aliphatic carbocycles. The number of nitrogens with one attached hydrogen (secondary N) is 1. The molecule has 1 aliphatic heterocycles. The third-order valence-corrected chi connectivity index (χ3v) is 2.67. The molecule has 1 N–H and O–H groups in total. The molecule has 0 saturated carbocycles. The summed E-state index contributed by atoms with van der Waals surface area (Å²) in [5, 5.41) is 2.84. The first-order chi connectivity index (χ1) is 7.78. The molecule has 16 heavy (non-hydrogen) atoms. The van der Waals surface area contributed by atoms with Gasteiger partial charge in [0.1, 0.15) is 5.75 Å². The Hall–Kier alpha value is -1.77. The molecule has 1 saturated heterocycles. The first-order valence-electron chi connectivity index (χ1n) is 5.38. The molecule has 1 aromatic carbocycles. The van der Waals surface area contributed by atoms with Crippen LogP contribution in [0.2, 0.25) is 0 Å². The monoisotopic (exact) mass is 217 g/mol. The molecule has 1 aliphatic rings. The van der Waals surface area contributed by atoms with Crippen molar-refractivity contribution in [1.82, 2.24) is 5.32 Å². The van der Waals surface area contributed by atoms with E-state index in [4.69, 9.17) is 4.74 Å². The van der Waals surface area contributed by atoms with E-state index >= 15 is 0 Å². The lowest BCUT2D eigenvalue weighted by molar-refractivity contribution is -0.121. The summed E-state index contributed by atoms with van der Waals surface area (Å²) in [6.45, 7) is 0.671. The lowest BCUT2D eigenvalue weighted by Crippen LogP contribution is -2.30. The maximum atomic E-state index is 11.0. The van der Waals surface area contributed by atoms with E-state index in [2.05, 4.69) is 11.4 Å². The number of carbonyl (C=O) groups is 1. The minimum absolute atomic E-state index is 0.145. The first-order valence-corrected chi connectivity index (χ1v) is 5.38. The highest BCUT2D eigenvalue weighted by Gasteiger charge is 2.10. The normalized spacial score (nSPS) is 18.3. The number of hydrogen-bond donors (Lipinski definition) is 1. The number of methoxy groups -OCH3 is 1. The standard InChI is InChI=1S/C13H15NO2/c1-16-12-5-2-10(3-6-12)8-11-4-7-13(15)14-9-11/h2-3,5-6,8H,4,7,9H2,1H3,(H,14,15)/b11-8-. The third kappa shape index (κ3) is 2.63. The van der Waals surface area contributed by atoms with Crippen LogP contribution < -0.4 is 10.1 Å². The molecule has 3 nitrogen and oxygen atoms in total. The van der Waals surface area contributed by atoms with Crippen molar-refractivity contribution in [1.29, 1.82) is 0 Å². The van der Waals surface area contributed by atoms with Crippen molar-refractivity contribution < 1.29 is 9.53 Å². The van der Waals surface area contributed by atoms with Gasteiger partial charge in [-0.05, 0) is 29.7 Å². The first kappa shape index (κ1) is 10.7. The van der Waals surface area contributed by atoms with E-state index < -0.39 is 0 Å². The molecule has 0 aromatic heterocycles. The molecule has 0 atom stereocenters.